The molecule has 1 atom stereocenters. The third kappa shape index (κ3) is 2.22. The fraction of sp³-hybridized carbons (Fsp3) is 0.105. The van der Waals surface area contributed by atoms with Gasteiger partial charge < -0.3 is 15.2 Å². The summed E-state index contributed by atoms with van der Waals surface area (Å²) in [5.74, 6) is 1.25. The Morgan fingerprint density at radius 2 is 1.88 bits per heavy atom. The summed E-state index contributed by atoms with van der Waals surface area (Å²) in [7, 11) is 0. The highest BCUT2D eigenvalue weighted by Crippen LogP contribution is 2.46. The third-order valence-electron chi connectivity index (χ3n) is 4.24. The maximum atomic E-state index is 9.58. The van der Waals surface area contributed by atoms with Crippen LogP contribution in [-0.2, 0) is 4.74 Å². The van der Waals surface area contributed by atoms with Crippen LogP contribution in [0.4, 0.5) is 0 Å². The predicted molar refractivity (Wildman–Crippen MR) is 91.0 cm³/mol. The largest absolute Gasteiger partial charge is 0.488 e. The van der Waals surface area contributed by atoms with Crippen molar-refractivity contribution in [2.24, 2.45) is 5.73 Å². The van der Waals surface area contributed by atoms with Gasteiger partial charge in [0.05, 0.1) is 11.5 Å². The number of nitrogens with two attached hydrogens (primary N) is 1. The Bertz CT molecular complexity index is 923. The van der Waals surface area contributed by atoms with E-state index in [2.05, 4.69) is 6.07 Å². The molecule has 2 heterocycles. The first-order valence-electron chi connectivity index (χ1n) is 7.47. The highest BCUT2D eigenvalue weighted by Gasteiger charge is 2.36. The number of rotatable bonds is 1. The van der Waals surface area contributed by atoms with Crippen LogP contribution in [0.2, 0.25) is 5.02 Å². The van der Waals surface area contributed by atoms with Crippen molar-refractivity contribution in [3.05, 3.63) is 81.7 Å². The number of allylic oxidation sites excluding steroid dienone is 1. The second kappa shape index (κ2) is 5.63. The van der Waals surface area contributed by atoms with Crippen molar-refractivity contribution >= 4 is 17.4 Å². The van der Waals surface area contributed by atoms with Crippen molar-refractivity contribution in [2.45, 2.75) is 5.92 Å². The molecule has 2 aliphatic heterocycles. The molecular formula is C19H13ClN2O2. The summed E-state index contributed by atoms with van der Waals surface area (Å²) in [4.78, 5) is 0. The molecule has 4 rings (SSSR count). The molecule has 5 heteroatoms. The molecule has 0 radical (unpaired) electrons. The molecule has 0 saturated carbocycles. The first-order valence-corrected chi connectivity index (χ1v) is 7.85. The minimum Gasteiger partial charge on any atom is -0.488 e. The molecule has 2 aromatic carbocycles. The molecule has 0 amide bonds. The molecule has 0 saturated heterocycles. The van der Waals surface area contributed by atoms with Crippen molar-refractivity contribution in [1.29, 1.82) is 5.26 Å². The van der Waals surface area contributed by atoms with Gasteiger partial charge in [-0.1, -0.05) is 35.9 Å². The molecule has 4 nitrogen and oxygen atoms in total. The first-order chi connectivity index (χ1) is 11.7. The number of para-hydroxylation sites is 1. The Morgan fingerprint density at radius 3 is 2.62 bits per heavy atom. The van der Waals surface area contributed by atoms with Gasteiger partial charge in [0, 0.05) is 10.6 Å². The summed E-state index contributed by atoms with van der Waals surface area (Å²) < 4.78 is 11.7. The van der Waals surface area contributed by atoms with Crippen LogP contribution in [0.1, 0.15) is 17.0 Å². The maximum Gasteiger partial charge on any atom is 0.205 e. The Labute approximate surface area is 144 Å². The summed E-state index contributed by atoms with van der Waals surface area (Å²) in [5, 5.41) is 10.2. The fourth-order valence-electron chi connectivity index (χ4n) is 3.13. The lowest BCUT2D eigenvalue weighted by molar-refractivity contribution is 0.294. The van der Waals surface area contributed by atoms with Crippen LogP contribution in [0.3, 0.4) is 0 Å². The molecule has 24 heavy (non-hydrogen) atoms. The molecule has 0 aliphatic carbocycles. The normalized spacial score (nSPS) is 18.9. The van der Waals surface area contributed by atoms with Gasteiger partial charge in [0.15, 0.2) is 0 Å². The topological polar surface area (TPSA) is 68.3 Å². The second-order valence-electron chi connectivity index (χ2n) is 5.62. The summed E-state index contributed by atoms with van der Waals surface area (Å²) >= 11 is 5.99. The molecule has 0 unspecified atom stereocenters. The maximum absolute atomic E-state index is 9.58. The van der Waals surface area contributed by atoms with Crippen LogP contribution in [0.15, 0.2) is 65.6 Å². The van der Waals surface area contributed by atoms with Gasteiger partial charge in [-0.25, -0.2) is 0 Å². The number of nitriles is 1. The molecule has 118 valence electrons. The minimum atomic E-state index is -0.302. The van der Waals surface area contributed by atoms with E-state index in [-0.39, 0.29) is 11.8 Å². The zero-order valence-corrected chi connectivity index (χ0v) is 13.4. The molecular weight excluding hydrogens is 324 g/mol. The van der Waals surface area contributed by atoms with Crippen molar-refractivity contribution in [2.75, 3.05) is 6.61 Å². The standard InChI is InChI=1S/C19H13ClN2O2/c20-12-7-5-11(6-8-12)17-14(9-21)19(22)24-18-13-3-1-2-4-16(13)23-10-15(17)18/h1-8,17H,10,22H2/t17-/m1/s1. The van der Waals surface area contributed by atoms with Gasteiger partial charge in [0.2, 0.25) is 5.88 Å². The van der Waals surface area contributed by atoms with E-state index in [0.717, 1.165) is 22.4 Å². The lowest BCUT2D eigenvalue weighted by Crippen LogP contribution is -2.26. The van der Waals surface area contributed by atoms with Crippen molar-refractivity contribution in [1.82, 2.24) is 0 Å². The van der Waals surface area contributed by atoms with Crippen LogP contribution in [0.5, 0.6) is 5.75 Å². The molecule has 0 fully saturated rings. The van der Waals surface area contributed by atoms with E-state index in [1.54, 1.807) is 12.1 Å². The van der Waals surface area contributed by atoms with E-state index in [9.17, 15) is 5.26 Å². The van der Waals surface area contributed by atoms with E-state index in [1.807, 2.05) is 36.4 Å². The molecule has 0 bridgehead atoms. The molecule has 0 aromatic heterocycles. The Kier molecular flexibility index (Phi) is 3.44. The zero-order chi connectivity index (χ0) is 16.7. The van der Waals surface area contributed by atoms with Crippen LogP contribution >= 0.6 is 11.6 Å². The van der Waals surface area contributed by atoms with E-state index in [0.29, 0.717) is 23.0 Å². The van der Waals surface area contributed by atoms with Gasteiger partial charge in [-0.3, -0.25) is 0 Å². The quantitative estimate of drug-likeness (QED) is 0.856. The van der Waals surface area contributed by atoms with Crippen molar-refractivity contribution in [3.63, 3.8) is 0 Å². The summed E-state index contributed by atoms with van der Waals surface area (Å²) in [6.07, 6.45) is 0. The number of fused-ring (bicyclic) bond motifs is 2. The Balaban J connectivity index is 1.91. The van der Waals surface area contributed by atoms with Gasteiger partial charge in [-0.05, 0) is 29.8 Å². The van der Waals surface area contributed by atoms with E-state index in [4.69, 9.17) is 26.8 Å². The lowest BCUT2D eigenvalue weighted by Gasteiger charge is -2.32. The lowest BCUT2D eigenvalue weighted by atomic mass is 9.81. The van der Waals surface area contributed by atoms with Crippen LogP contribution < -0.4 is 10.5 Å². The third-order valence-corrected chi connectivity index (χ3v) is 4.50. The Morgan fingerprint density at radius 1 is 1.12 bits per heavy atom. The van der Waals surface area contributed by atoms with Gasteiger partial charge in [-0.15, -0.1) is 0 Å². The molecule has 2 aromatic rings. The second-order valence-corrected chi connectivity index (χ2v) is 6.05. The predicted octanol–water partition coefficient (Wildman–Crippen LogP) is 3.95. The highest BCUT2D eigenvalue weighted by molar-refractivity contribution is 6.30. The number of halogens is 1. The van der Waals surface area contributed by atoms with Crippen molar-refractivity contribution < 1.29 is 9.47 Å². The number of nitrogens with zero attached hydrogens (tertiary/aromatic N) is 1. The van der Waals surface area contributed by atoms with E-state index >= 15 is 0 Å². The van der Waals surface area contributed by atoms with E-state index < -0.39 is 0 Å². The number of hydrogen-bond donors (Lipinski definition) is 1. The minimum absolute atomic E-state index is 0.132. The average Bonchev–Trinajstić information content (AvgIpc) is 2.61. The summed E-state index contributed by atoms with van der Waals surface area (Å²) in [5.41, 5.74) is 9.10. The fourth-order valence-corrected chi connectivity index (χ4v) is 3.26. The SMILES string of the molecule is N#CC1=C(N)OC2=C(COc3ccccc32)[C@@H]1c1ccc(Cl)cc1. The monoisotopic (exact) mass is 336 g/mol. The highest BCUT2D eigenvalue weighted by atomic mass is 35.5. The molecule has 0 spiro atoms. The van der Waals surface area contributed by atoms with Crippen molar-refractivity contribution in [3.8, 4) is 11.8 Å². The van der Waals surface area contributed by atoms with E-state index in [1.165, 1.54) is 0 Å². The van der Waals surface area contributed by atoms with Crippen LogP contribution in [0, 0.1) is 11.3 Å². The number of benzene rings is 2. The number of hydrogen-bond acceptors (Lipinski definition) is 4. The molecule has 2 aliphatic rings. The van der Waals surface area contributed by atoms with Gasteiger partial charge in [-0.2, -0.15) is 5.26 Å². The van der Waals surface area contributed by atoms with Crippen LogP contribution in [-0.4, -0.2) is 6.61 Å². The van der Waals surface area contributed by atoms with Gasteiger partial charge in [0.1, 0.15) is 29.8 Å². The Hall–Kier alpha value is -2.90. The van der Waals surface area contributed by atoms with Gasteiger partial charge in [0.25, 0.3) is 0 Å². The first kappa shape index (κ1) is 14.7. The number of ether oxygens (including phenoxy) is 2. The zero-order valence-electron chi connectivity index (χ0n) is 12.6. The average molecular weight is 337 g/mol. The van der Waals surface area contributed by atoms with Gasteiger partial charge >= 0.3 is 0 Å². The summed E-state index contributed by atoms with van der Waals surface area (Å²) in [6.45, 7) is 0.345. The summed E-state index contributed by atoms with van der Waals surface area (Å²) in [6, 6.07) is 17.2. The van der Waals surface area contributed by atoms with Crippen LogP contribution in [0.25, 0.3) is 5.76 Å². The molecule has 2 N–H and O–H groups in total. The smallest absolute Gasteiger partial charge is 0.205 e.